The van der Waals surface area contributed by atoms with Gasteiger partial charge < -0.3 is 14.8 Å². The van der Waals surface area contributed by atoms with Crippen molar-refractivity contribution in [1.29, 1.82) is 0 Å². The van der Waals surface area contributed by atoms with Crippen LogP contribution in [0.25, 0.3) is 0 Å². The first-order valence-corrected chi connectivity index (χ1v) is 8.44. The van der Waals surface area contributed by atoms with Gasteiger partial charge in [-0.25, -0.2) is 0 Å². The van der Waals surface area contributed by atoms with E-state index in [4.69, 9.17) is 9.47 Å². The van der Waals surface area contributed by atoms with Crippen LogP contribution in [0.5, 0.6) is 0 Å². The molecule has 22 heavy (non-hydrogen) atoms. The topological polar surface area (TPSA) is 50.9 Å². The minimum Gasteiger partial charge on any atom is -0.461 e. The van der Waals surface area contributed by atoms with Gasteiger partial charge in [-0.1, -0.05) is 17.2 Å². The van der Waals surface area contributed by atoms with E-state index in [-0.39, 0.29) is 29.5 Å². The van der Waals surface area contributed by atoms with Crippen LogP contribution in [0.2, 0.25) is 0 Å². The molecule has 3 fully saturated rings. The Balaban J connectivity index is 1.60. The Morgan fingerprint density at radius 1 is 1.50 bits per heavy atom. The molecule has 4 aliphatic rings. The molecule has 1 saturated carbocycles. The smallest absolute Gasteiger partial charge is 0.310 e. The SMILES string of the molecule is C=CCNC[C@@H]1C(=O)O[C@H]2[C@H]1CCC(C)=C1C[C@H]3O[C@@]3(C)[C@@H]12. The molecule has 0 aromatic heterocycles. The summed E-state index contributed by atoms with van der Waals surface area (Å²) in [6.07, 6.45) is 5.35. The molecular weight excluding hydrogens is 278 g/mol. The van der Waals surface area contributed by atoms with Crippen molar-refractivity contribution in [3.8, 4) is 0 Å². The van der Waals surface area contributed by atoms with Gasteiger partial charge in [0.2, 0.25) is 0 Å². The second kappa shape index (κ2) is 4.93. The molecule has 2 aliphatic carbocycles. The van der Waals surface area contributed by atoms with Gasteiger partial charge in [0.15, 0.2) is 0 Å². The fourth-order valence-electron chi connectivity index (χ4n) is 4.94. The van der Waals surface area contributed by atoms with Gasteiger partial charge >= 0.3 is 5.97 Å². The maximum Gasteiger partial charge on any atom is 0.310 e. The molecule has 6 atom stereocenters. The number of fused-ring (bicyclic) bond motifs is 5. The number of carbonyl (C=O) groups excluding carboxylic acids is 1. The Bertz CT molecular complexity index is 555. The molecule has 0 aromatic carbocycles. The third-order valence-corrected chi connectivity index (χ3v) is 6.25. The van der Waals surface area contributed by atoms with E-state index < -0.39 is 0 Å². The molecule has 4 heteroatoms. The highest BCUT2D eigenvalue weighted by atomic mass is 16.6. The third kappa shape index (κ3) is 1.93. The molecule has 2 aliphatic heterocycles. The van der Waals surface area contributed by atoms with Crippen molar-refractivity contribution in [1.82, 2.24) is 5.32 Å². The highest BCUT2D eigenvalue weighted by Gasteiger charge is 2.69. The van der Waals surface area contributed by atoms with E-state index in [1.807, 2.05) is 6.08 Å². The maximum absolute atomic E-state index is 12.4. The highest BCUT2D eigenvalue weighted by Crippen LogP contribution is 2.62. The number of esters is 1. The molecule has 0 bridgehead atoms. The summed E-state index contributed by atoms with van der Waals surface area (Å²) < 4.78 is 11.8. The van der Waals surface area contributed by atoms with Crippen LogP contribution in [-0.4, -0.2) is 36.9 Å². The molecular formula is C18H25NO3. The maximum atomic E-state index is 12.4. The second-order valence-electron chi connectivity index (χ2n) is 7.44. The van der Waals surface area contributed by atoms with Gasteiger partial charge in [0, 0.05) is 24.9 Å². The van der Waals surface area contributed by atoms with Crippen LogP contribution in [0.15, 0.2) is 23.8 Å². The highest BCUT2D eigenvalue weighted by molar-refractivity contribution is 5.76. The van der Waals surface area contributed by atoms with Crippen LogP contribution in [0, 0.1) is 17.8 Å². The number of ether oxygens (including phenoxy) is 2. The summed E-state index contributed by atoms with van der Waals surface area (Å²) in [6, 6.07) is 0. The molecule has 4 rings (SSSR count). The van der Waals surface area contributed by atoms with E-state index in [9.17, 15) is 4.79 Å². The zero-order valence-corrected chi connectivity index (χ0v) is 13.4. The number of allylic oxidation sites excluding steroid dienone is 1. The summed E-state index contributed by atoms with van der Waals surface area (Å²) in [5.41, 5.74) is 2.93. The monoisotopic (exact) mass is 303 g/mol. The quantitative estimate of drug-likeness (QED) is 0.374. The Labute approximate surface area is 131 Å². The van der Waals surface area contributed by atoms with Crippen LogP contribution in [0.4, 0.5) is 0 Å². The minimum atomic E-state index is -0.0897. The van der Waals surface area contributed by atoms with Crippen molar-refractivity contribution in [2.45, 2.75) is 50.9 Å². The van der Waals surface area contributed by atoms with Crippen molar-refractivity contribution in [2.24, 2.45) is 17.8 Å². The lowest BCUT2D eigenvalue weighted by Gasteiger charge is -2.28. The zero-order chi connectivity index (χ0) is 15.5. The summed E-state index contributed by atoms with van der Waals surface area (Å²) in [4.78, 5) is 12.4. The van der Waals surface area contributed by atoms with Gasteiger partial charge in [0.25, 0.3) is 0 Å². The largest absolute Gasteiger partial charge is 0.461 e. The van der Waals surface area contributed by atoms with Crippen molar-refractivity contribution in [2.75, 3.05) is 13.1 Å². The Morgan fingerprint density at radius 3 is 3.09 bits per heavy atom. The van der Waals surface area contributed by atoms with Gasteiger partial charge in [-0.2, -0.15) is 0 Å². The van der Waals surface area contributed by atoms with Gasteiger partial charge in [-0.3, -0.25) is 4.79 Å². The predicted octanol–water partition coefficient (Wildman–Crippen LogP) is 2.21. The van der Waals surface area contributed by atoms with E-state index in [1.165, 1.54) is 11.1 Å². The number of epoxide rings is 1. The molecule has 2 saturated heterocycles. The average molecular weight is 303 g/mol. The van der Waals surface area contributed by atoms with Crippen LogP contribution in [0.3, 0.4) is 0 Å². The van der Waals surface area contributed by atoms with Crippen molar-refractivity contribution in [3.63, 3.8) is 0 Å². The number of hydrogen-bond donors (Lipinski definition) is 1. The molecule has 120 valence electrons. The number of nitrogens with one attached hydrogen (secondary N) is 1. The first-order valence-electron chi connectivity index (χ1n) is 8.44. The lowest BCUT2D eigenvalue weighted by molar-refractivity contribution is -0.146. The second-order valence-corrected chi connectivity index (χ2v) is 7.44. The summed E-state index contributed by atoms with van der Waals surface area (Å²) in [5, 5.41) is 3.30. The first-order chi connectivity index (χ1) is 10.6. The number of carbonyl (C=O) groups is 1. The van der Waals surface area contributed by atoms with Crippen LogP contribution in [0.1, 0.15) is 33.1 Å². The molecule has 1 N–H and O–H groups in total. The van der Waals surface area contributed by atoms with E-state index in [1.54, 1.807) is 0 Å². The Kier molecular flexibility index (Phi) is 3.24. The molecule has 4 nitrogen and oxygen atoms in total. The molecule has 0 radical (unpaired) electrons. The van der Waals surface area contributed by atoms with Gasteiger partial charge in [-0.15, -0.1) is 6.58 Å². The van der Waals surface area contributed by atoms with Crippen LogP contribution >= 0.6 is 0 Å². The lowest BCUT2D eigenvalue weighted by atomic mass is 9.78. The summed E-state index contributed by atoms with van der Waals surface area (Å²) in [5.74, 6) is 0.525. The van der Waals surface area contributed by atoms with Gasteiger partial charge in [-0.05, 0) is 33.1 Å². The molecule has 0 spiro atoms. The summed E-state index contributed by atoms with van der Waals surface area (Å²) in [6.45, 7) is 9.59. The van der Waals surface area contributed by atoms with Crippen LogP contribution < -0.4 is 5.32 Å². The molecule has 0 unspecified atom stereocenters. The van der Waals surface area contributed by atoms with Crippen molar-refractivity contribution < 1.29 is 14.3 Å². The minimum absolute atomic E-state index is 0.00739. The van der Waals surface area contributed by atoms with E-state index in [0.29, 0.717) is 18.6 Å². The molecule has 0 aromatic rings. The average Bonchev–Trinajstić information content (AvgIpc) is 2.95. The van der Waals surface area contributed by atoms with Gasteiger partial charge in [0.05, 0.1) is 12.0 Å². The van der Waals surface area contributed by atoms with Crippen molar-refractivity contribution >= 4 is 5.97 Å². The van der Waals surface area contributed by atoms with E-state index in [0.717, 1.165) is 25.8 Å². The predicted molar refractivity (Wildman–Crippen MR) is 83.2 cm³/mol. The van der Waals surface area contributed by atoms with E-state index >= 15 is 0 Å². The fourth-order valence-corrected chi connectivity index (χ4v) is 4.94. The molecule has 0 amide bonds. The number of rotatable bonds is 4. The van der Waals surface area contributed by atoms with Gasteiger partial charge in [0.1, 0.15) is 11.7 Å². The standard InChI is InChI=1S/C18H25NO3/c1-4-7-19-9-13-11-6-5-10(2)12-8-14-18(3,22-14)15(12)16(11)21-17(13)20/h4,11,13-16,19H,1,5-9H2,2-3H3/t11-,13-,14+,15-,16-,18+/m0/s1. The van der Waals surface area contributed by atoms with E-state index in [2.05, 4.69) is 25.7 Å². The lowest BCUT2D eigenvalue weighted by Crippen LogP contribution is -2.37. The summed E-state index contributed by atoms with van der Waals surface area (Å²) >= 11 is 0. The van der Waals surface area contributed by atoms with Crippen molar-refractivity contribution in [3.05, 3.63) is 23.8 Å². The van der Waals surface area contributed by atoms with Crippen LogP contribution in [-0.2, 0) is 14.3 Å². The normalized spacial score (nSPS) is 45.7. The Morgan fingerprint density at radius 2 is 2.32 bits per heavy atom. The molecule has 2 heterocycles. The third-order valence-electron chi connectivity index (χ3n) is 6.25. The Hall–Kier alpha value is -1.13. The fraction of sp³-hybridized carbons (Fsp3) is 0.722. The summed E-state index contributed by atoms with van der Waals surface area (Å²) in [7, 11) is 0. The number of hydrogen-bond acceptors (Lipinski definition) is 4. The first kappa shape index (κ1) is 14.5. The zero-order valence-electron chi connectivity index (χ0n) is 13.4.